The second-order valence-electron chi connectivity index (χ2n) is 14.4. The Morgan fingerprint density at radius 3 is 1.37 bits per heavy atom. The van der Waals surface area contributed by atoms with Crippen LogP contribution in [-0.4, -0.2) is 15.0 Å². The van der Waals surface area contributed by atoms with E-state index in [2.05, 4.69) is 164 Å². The number of benzene rings is 9. The van der Waals surface area contributed by atoms with E-state index in [1.807, 2.05) is 36.4 Å². The van der Waals surface area contributed by atoms with Crippen LogP contribution in [0.1, 0.15) is 0 Å². The Morgan fingerprint density at radius 1 is 0.281 bits per heavy atom. The quantitative estimate of drug-likeness (QED) is 0.171. The zero-order chi connectivity index (χ0) is 37.7. The summed E-state index contributed by atoms with van der Waals surface area (Å²) in [5.41, 5.74) is 11.3. The monoisotopic (exact) mass is 727 g/mol. The number of rotatable bonds is 6. The number of nitrogens with zero attached hydrogens (tertiary/aromatic N) is 3. The molecule has 0 aliphatic carbocycles. The lowest BCUT2D eigenvalue weighted by atomic mass is 9.96. The fourth-order valence-electron chi connectivity index (χ4n) is 7.95. The predicted molar refractivity (Wildman–Crippen MR) is 235 cm³/mol. The molecule has 11 aromatic rings. The summed E-state index contributed by atoms with van der Waals surface area (Å²) in [4.78, 5) is 15.0. The zero-order valence-electron chi connectivity index (χ0n) is 30.8. The van der Waals surface area contributed by atoms with E-state index in [-0.39, 0.29) is 0 Å². The van der Waals surface area contributed by atoms with Crippen LogP contribution in [0.4, 0.5) is 0 Å². The van der Waals surface area contributed by atoms with Crippen LogP contribution < -0.4 is 0 Å². The van der Waals surface area contributed by atoms with Crippen molar-refractivity contribution in [2.24, 2.45) is 0 Å². The number of hydrogen-bond acceptors (Lipinski definition) is 4. The van der Waals surface area contributed by atoms with E-state index in [4.69, 9.17) is 19.4 Å². The van der Waals surface area contributed by atoms with E-state index in [1.54, 1.807) is 0 Å². The van der Waals surface area contributed by atoms with Gasteiger partial charge in [-0.05, 0) is 85.3 Å². The molecule has 0 radical (unpaired) electrons. The van der Waals surface area contributed by atoms with Crippen molar-refractivity contribution in [3.8, 4) is 67.5 Å². The van der Waals surface area contributed by atoms with Gasteiger partial charge in [-0.25, -0.2) is 15.0 Å². The minimum atomic E-state index is 0.587. The van der Waals surface area contributed by atoms with E-state index in [1.165, 1.54) is 38.2 Å². The van der Waals surface area contributed by atoms with Gasteiger partial charge in [0, 0.05) is 27.5 Å². The topological polar surface area (TPSA) is 51.8 Å². The number of furan rings is 1. The van der Waals surface area contributed by atoms with Crippen LogP contribution in [0.2, 0.25) is 0 Å². The van der Waals surface area contributed by atoms with Gasteiger partial charge in [-0.15, -0.1) is 0 Å². The molecule has 0 aliphatic heterocycles. The largest absolute Gasteiger partial charge is 0.456 e. The summed E-state index contributed by atoms with van der Waals surface area (Å²) in [6, 6.07) is 70.1. The van der Waals surface area contributed by atoms with Crippen molar-refractivity contribution >= 4 is 43.5 Å². The molecule has 57 heavy (non-hydrogen) atoms. The van der Waals surface area contributed by atoms with E-state index in [0.29, 0.717) is 17.5 Å². The molecule has 2 aromatic heterocycles. The van der Waals surface area contributed by atoms with Crippen molar-refractivity contribution in [2.75, 3.05) is 0 Å². The fraction of sp³-hybridized carbons (Fsp3) is 0. The smallest absolute Gasteiger partial charge is 0.164 e. The molecule has 0 atom stereocenters. The molecule has 0 spiro atoms. The summed E-state index contributed by atoms with van der Waals surface area (Å²) in [7, 11) is 0. The molecule has 0 saturated heterocycles. The Bertz CT molecular complexity index is 3280. The molecular weight excluding hydrogens is 695 g/mol. The van der Waals surface area contributed by atoms with Gasteiger partial charge >= 0.3 is 0 Å². The van der Waals surface area contributed by atoms with Gasteiger partial charge in [-0.2, -0.15) is 0 Å². The Labute approximate surface area is 329 Å². The lowest BCUT2D eigenvalue weighted by molar-refractivity contribution is 0.669. The molecule has 0 unspecified atom stereocenters. The molecule has 4 heteroatoms. The number of aromatic nitrogens is 3. The van der Waals surface area contributed by atoms with Gasteiger partial charge in [-0.3, -0.25) is 0 Å². The first-order valence-corrected chi connectivity index (χ1v) is 19.2. The van der Waals surface area contributed by atoms with Crippen molar-refractivity contribution in [1.82, 2.24) is 15.0 Å². The molecule has 4 nitrogen and oxygen atoms in total. The van der Waals surface area contributed by atoms with Crippen LogP contribution in [0.25, 0.3) is 111 Å². The molecule has 266 valence electrons. The first kappa shape index (κ1) is 32.7. The molecule has 0 aliphatic rings. The highest BCUT2D eigenvalue weighted by Gasteiger charge is 2.17. The highest BCUT2D eigenvalue weighted by Crippen LogP contribution is 2.39. The molecule has 0 saturated carbocycles. The van der Waals surface area contributed by atoms with E-state index in [9.17, 15) is 0 Å². The standard InChI is InChI=1S/C53H33N3O/c1-2-11-39(12-3-1)51-54-52(40-25-19-37(20-26-40)44-28-22-35-10-5-7-14-42(35)32-44)56-53(55-51)45-29-30-47-49(33-45)57-48-16-8-15-46(50(47)48)38-23-17-36(18-24-38)43-27-21-34-9-4-6-13-41(34)31-43/h1-33H. The SMILES string of the molecule is c1ccc(-c2nc(-c3ccc(-c4ccc5ccccc5c4)cc3)nc(-c3ccc4c(c3)oc3cccc(-c5ccc(-c6ccc7ccccc7c6)cc5)c34)n2)cc1. The van der Waals surface area contributed by atoms with Crippen LogP contribution >= 0.6 is 0 Å². The maximum Gasteiger partial charge on any atom is 0.164 e. The fourth-order valence-corrected chi connectivity index (χ4v) is 7.95. The number of hydrogen-bond donors (Lipinski definition) is 0. The van der Waals surface area contributed by atoms with Crippen LogP contribution in [0.3, 0.4) is 0 Å². The Balaban J connectivity index is 0.959. The second-order valence-corrected chi connectivity index (χ2v) is 14.4. The Morgan fingerprint density at radius 2 is 0.754 bits per heavy atom. The van der Waals surface area contributed by atoms with Gasteiger partial charge in [-0.1, -0.05) is 170 Å². The predicted octanol–water partition coefficient (Wildman–Crippen LogP) is 14.1. The van der Waals surface area contributed by atoms with Crippen LogP contribution in [0.5, 0.6) is 0 Å². The first-order chi connectivity index (χ1) is 28.2. The van der Waals surface area contributed by atoms with Gasteiger partial charge in [0.2, 0.25) is 0 Å². The summed E-state index contributed by atoms with van der Waals surface area (Å²) >= 11 is 0. The van der Waals surface area contributed by atoms with Gasteiger partial charge in [0.25, 0.3) is 0 Å². The van der Waals surface area contributed by atoms with Crippen LogP contribution in [0, 0.1) is 0 Å². The van der Waals surface area contributed by atoms with Crippen molar-refractivity contribution in [2.45, 2.75) is 0 Å². The first-order valence-electron chi connectivity index (χ1n) is 19.2. The summed E-state index contributed by atoms with van der Waals surface area (Å²) < 4.78 is 6.55. The van der Waals surface area contributed by atoms with Crippen molar-refractivity contribution in [3.63, 3.8) is 0 Å². The third-order valence-electron chi connectivity index (χ3n) is 10.9. The van der Waals surface area contributed by atoms with Crippen molar-refractivity contribution in [1.29, 1.82) is 0 Å². The van der Waals surface area contributed by atoms with Gasteiger partial charge < -0.3 is 4.42 Å². The molecular formula is C53H33N3O. The normalized spacial score (nSPS) is 11.5. The Hall–Kier alpha value is -7.69. The van der Waals surface area contributed by atoms with E-state index in [0.717, 1.165) is 55.3 Å². The molecule has 0 amide bonds. The zero-order valence-corrected chi connectivity index (χ0v) is 30.8. The molecule has 0 fully saturated rings. The van der Waals surface area contributed by atoms with Crippen molar-refractivity contribution in [3.05, 3.63) is 200 Å². The lowest BCUT2D eigenvalue weighted by Gasteiger charge is -2.10. The molecule has 11 rings (SSSR count). The van der Waals surface area contributed by atoms with E-state index < -0.39 is 0 Å². The molecule has 9 aromatic carbocycles. The Kier molecular flexibility index (Phi) is 7.78. The number of fused-ring (bicyclic) bond motifs is 5. The minimum absolute atomic E-state index is 0.587. The van der Waals surface area contributed by atoms with Gasteiger partial charge in [0.05, 0.1) is 0 Å². The summed E-state index contributed by atoms with van der Waals surface area (Å²) in [5, 5.41) is 7.07. The maximum atomic E-state index is 6.55. The minimum Gasteiger partial charge on any atom is -0.456 e. The average molecular weight is 728 g/mol. The average Bonchev–Trinajstić information content (AvgIpc) is 3.67. The molecule has 0 bridgehead atoms. The lowest BCUT2D eigenvalue weighted by Crippen LogP contribution is -2.00. The highest BCUT2D eigenvalue weighted by molar-refractivity contribution is 6.13. The van der Waals surface area contributed by atoms with Gasteiger partial charge in [0.1, 0.15) is 11.2 Å². The highest BCUT2D eigenvalue weighted by atomic mass is 16.3. The summed E-state index contributed by atoms with van der Waals surface area (Å²) in [6.45, 7) is 0. The molecule has 0 N–H and O–H groups in total. The third kappa shape index (κ3) is 6.01. The van der Waals surface area contributed by atoms with Crippen LogP contribution in [0.15, 0.2) is 205 Å². The van der Waals surface area contributed by atoms with Crippen molar-refractivity contribution < 1.29 is 4.42 Å². The maximum absolute atomic E-state index is 6.55. The van der Waals surface area contributed by atoms with Crippen LogP contribution in [-0.2, 0) is 0 Å². The summed E-state index contributed by atoms with van der Waals surface area (Å²) in [6.07, 6.45) is 0. The molecule has 2 heterocycles. The van der Waals surface area contributed by atoms with E-state index >= 15 is 0 Å². The second kappa shape index (κ2) is 13.6. The third-order valence-corrected chi connectivity index (χ3v) is 10.9. The summed E-state index contributed by atoms with van der Waals surface area (Å²) in [5.74, 6) is 1.82. The van der Waals surface area contributed by atoms with Gasteiger partial charge in [0.15, 0.2) is 17.5 Å².